The molecule has 2 N–H and O–H groups in total. The normalized spacial score (nSPS) is 11.2. The van der Waals surface area contributed by atoms with Crippen LogP contribution in [0.1, 0.15) is 11.3 Å². The van der Waals surface area contributed by atoms with Crippen LogP contribution >= 0.6 is 0 Å². The number of carbonyl (C=O) groups is 1. The average molecular weight is 318 g/mol. The van der Waals surface area contributed by atoms with Crippen LogP contribution in [0.3, 0.4) is 0 Å². The molecule has 120 valence electrons. The molecule has 0 spiro atoms. The van der Waals surface area contributed by atoms with Crippen molar-refractivity contribution < 1.29 is 4.79 Å². The number of fused-ring (bicyclic) bond motifs is 2. The van der Waals surface area contributed by atoms with Gasteiger partial charge in [0.15, 0.2) is 0 Å². The highest BCUT2D eigenvalue weighted by atomic mass is 16.1. The molecule has 2 aromatic carbocycles. The number of hydrogen-bond acceptors (Lipinski definition) is 2. The first-order valence-electron chi connectivity index (χ1n) is 7.89. The van der Waals surface area contributed by atoms with Gasteiger partial charge in [0.05, 0.1) is 18.1 Å². The lowest BCUT2D eigenvalue weighted by molar-refractivity contribution is -0.115. The molecule has 0 bridgehead atoms. The summed E-state index contributed by atoms with van der Waals surface area (Å²) in [7, 11) is 2.03. The number of rotatable bonds is 3. The van der Waals surface area contributed by atoms with Crippen LogP contribution in [0.25, 0.3) is 21.8 Å². The molecule has 5 nitrogen and oxygen atoms in total. The third kappa shape index (κ3) is 2.34. The number of anilines is 1. The van der Waals surface area contributed by atoms with Crippen molar-refractivity contribution in [2.75, 3.05) is 5.32 Å². The first-order chi connectivity index (χ1) is 11.6. The van der Waals surface area contributed by atoms with Crippen molar-refractivity contribution in [1.82, 2.24) is 14.8 Å². The molecular formula is C19H18N4O. The molecule has 4 rings (SSSR count). The van der Waals surface area contributed by atoms with E-state index in [-0.39, 0.29) is 5.91 Å². The molecule has 0 saturated heterocycles. The molecule has 24 heavy (non-hydrogen) atoms. The van der Waals surface area contributed by atoms with Crippen molar-refractivity contribution in [2.45, 2.75) is 13.3 Å². The van der Waals surface area contributed by atoms with E-state index in [0.717, 1.165) is 38.8 Å². The lowest BCUT2D eigenvalue weighted by Gasteiger charge is -2.06. The average Bonchev–Trinajstić information content (AvgIpc) is 3.14. The number of carbonyl (C=O) groups excluding carboxylic acids is 1. The second-order valence-electron chi connectivity index (χ2n) is 6.04. The second-order valence-corrected chi connectivity index (χ2v) is 6.04. The quantitative estimate of drug-likeness (QED) is 0.607. The van der Waals surface area contributed by atoms with Gasteiger partial charge >= 0.3 is 0 Å². The number of amides is 1. The van der Waals surface area contributed by atoms with Gasteiger partial charge in [0.1, 0.15) is 0 Å². The molecule has 0 fully saturated rings. The number of H-pyrrole nitrogens is 1. The Morgan fingerprint density at radius 1 is 1.25 bits per heavy atom. The molecule has 2 heterocycles. The Balaban J connectivity index is 1.61. The van der Waals surface area contributed by atoms with Crippen molar-refractivity contribution in [3.8, 4) is 0 Å². The Hall–Kier alpha value is -3.08. The molecule has 0 saturated carbocycles. The summed E-state index contributed by atoms with van der Waals surface area (Å²) in [6, 6.07) is 13.9. The number of para-hydroxylation sites is 1. The van der Waals surface area contributed by atoms with Crippen LogP contribution in [0.15, 0.2) is 48.7 Å². The van der Waals surface area contributed by atoms with Gasteiger partial charge in [-0.1, -0.05) is 18.2 Å². The van der Waals surface area contributed by atoms with Crippen molar-refractivity contribution >= 4 is 33.4 Å². The van der Waals surface area contributed by atoms with E-state index in [4.69, 9.17) is 0 Å². The molecule has 2 aromatic heterocycles. The number of aryl methyl sites for hydroxylation is 1. The molecule has 5 heteroatoms. The number of nitrogens with zero attached hydrogens (tertiary/aromatic N) is 2. The van der Waals surface area contributed by atoms with Gasteiger partial charge in [-0.3, -0.25) is 9.89 Å². The van der Waals surface area contributed by atoms with Gasteiger partial charge in [0.25, 0.3) is 0 Å². The fourth-order valence-corrected chi connectivity index (χ4v) is 3.20. The molecule has 0 aliphatic heterocycles. The Morgan fingerprint density at radius 2 is 2.08 bits per heavy atom. The fraction of sp³-hybridized carbons (Fsp3) is 0.158. The van der Waals surface area contributed by atoms with Crippen LogP contribution in [-0.4, -0.2) is 20.7 Å². The minimum Gasteiger partial charge on any atom is -0.348 e. The summed E-state index contributed by atoms with van der Waals surface area (Å²) < 4.78 is 2.13. The summed E-state index contributed by atoms with van der Waals surface area (Å²) >= 11 is 0. The van der Waals surface area contributed by atoms with Gasteiger partial charge in [-0.05, 0) is 36.8 Å². The third-order valence-corrected chi connectivity index (χ3v) is 4.59. The lowest BCUT2D eigenvalue weighted by Crippen LogP contribution is -2.15. The highest BCUT2D eigenvalue weighted by molar-refractivity contribution is 5.97. The number of aromatic nitrogens is 3. The van der Waals surface area contributed by atoms with E-state index in [1.807, 2.05) is 37.4 Å². The summed E-state index contributed by atoms with van der Waals surface area (Å²) in [5.74, 6) is -0.0201. The second kappa shape index (κ2) is 5.53. The lowest BCUT2D eigenvalue weighted by atomic mass is 10.1. The van der Waals surface area contributed by atoms with Crippen LogP contribution in [0.2, 0.25) is 0 Å². The largest absolute Gasteiger partial charge is 0.348 e. The highest BCUT2D eigenvalue weighted by Crippen LogP contribution is 2.25. The third-order valence-electron chi connectivity index (χ3n) is 4.59. The maximum atomic E-state index is 12.5. The molecule has 4 aromatic rings. The fourth-order valence-electron chi connectivity index (χ4n) is 3.20. The molecule has 0 atom stereocenters. The predicted molar refractivity (Wildman–Crippen MR) is 96.1 cm³/mol. The van der Waals surface area contributed by atoms with Gasteiger partial charge in [0, 0.05) is 34.7 Å². The van der Waals surface area contributed by atoms with E-state index in [0.29, 0.717) is 6.42 Å². The van der Waals surface area contributed by atoms with Crippen LogP contribution in [-0.2, 0) is 18.3 Å². The zero-order chi connectivity index (χ0) is 16.7. The smallest absolute Gasteiger partial charge is 0.228 e. The monoisotopic (exact) mass is 318 g/mol. The van der Waals surface area contributed by atoms with Gasteiger partial charge in [0.2, 0.25) is 5.91 Å². The van der Waals surface area contributed by atoms with Crippen LogP contribution in [0.5, 0.6) is 0 Å². The summed E-state index contributed by atoms with van der Waals surface area (Å²) in [5.41, 5.74) is 5.03. The Kier molecular flexibility index (Phi) is 3.34. The van der Waals surface area contributed by atoms with Crippen molar-refractivity contribution in [3.05, 3.63) is 59.9 Å². The molecule has 0 radical (unpaired) electrons. The van der Waals surface area contributed by atoms with Gasteiger partial charge < -0.3 is 9.88 Å². The van der Waals surface area contributed by atoms with E-state index in [9.17, 15) is 4.79 Å². The summed E-state index contributed by atoms with van der Waals surface area (Å²) in [4.78, 5) is 12.5. The molecule has 0 unspecified atom stereocenters. The Bertz CT molecular complexity index is 1060. The van der Waals surface area contributed by atoms with E-state index in [1.165, 1.54) is 0 Å². The predicted octanol–water partition coefficient (Wildman–Crippen LogP) is 3.54. The van der Waals surface area contributed by atoms with E-state index < -0.39 is 0 Å². The van der Waals surface area contributed by atoms with Gasteiger partial charge in [-0.25, -0.2) is 0 Å². The standard InChI is InChI=1S/C19H18N4O/c1-12-16(15-5-3-4-6-18(15)23(12)2)10-19(24)21-14-8-7-13-11-20-22-17(13)9-14/h3-9,11H,10H2,1-2H3,(H,20,22)(H,21,24). The number of hydrogen-bond donors (Lipinski definition) is 2. The van der Waals surface area contributed by atoms with Crippen molar-refractivity contribution in [1.29, 1.82) is 0 Å². The molecule has 1 amide bonds. The molecule has 0 aliphatic rings. The van der Waals surface area contributed by atoms with Crippen LogP contribution in [0, 0.1) is 6.92 Å². The maximum absolute atomic E-state index is 12.5. The highest BCUT2D eigenvalue weighted by Gasteiger charge is 2.15. The number of aromatic amines is 1. The SMILES string of the molecule is Cc1c(CC(=O)Nc2ccc3cn[nH]c3c2)c2ccccc2n1C. The maximum Gasteiger partial charge on any atom is 0.228 e. The Morgan fingerprint density at radius 3 is 2.96 bits per heavy atom. The minimum atomic E-state index is -0.0201. The number of benzene rings is 2. The van der Waals surface area contributed by atoms with Crippen molar-refractivity contribution in [3.63, 3.8) is 0 Å². The first-order valence-corrected chi connectivity index (χ1v) is 7.89. The minimum absolute atomic E-state index is 0.0201. The Labute approximate surface area is 139 Å². The first kappa shape index (κ1) is 14.5. The molecular weight excluding hydrogens is 300 g/mol. The summed E-state index contributed by atoms with van der Waals surface area (Å²) in [6.07, 6.45) is 2.12. The van der Waals surface area contributed by atoms with E-state index >= 15 is 0 Å². The summed E-state index contributed by atoms with van der Waals surface area (Å²) in [5, 5.41) is 12.1. The van der Waals surface area contributed by atoms with E-state index in [1.54, 1.807) is 6.20 Å². The topological polar surface area (TPSA) is 62.7 Å². The van der Waals surface area contributed by atoms with Crippen LogP contribution < -0.4 is 5.32 Å². The summed E-state index contributed by atoms with van der Waals surface area (Å²) in [6.45, 7) is 2.05. The zero-order valence-corrected chi connectivity index (χ0v) is 13.6. The zero-order valence-electron chi connectivity index (χ0n) is 13.6. The van der Waals surface area contributed by atoms with Gasteiger partial charge in [-0.2, -0.15) is 5.10 Å². The van der Waals surface area contributed by atoms with Crippen molar-refractivity contribution in [2.24, 2.45) is 7.05 Å². The van der Waals surface area contributed by atoms with Crippen LogP contribution in [0.4, 0.5) is 5.69 Å². The molecule has 0 aliphatic carbocycles. The van der Waals surface area contributed by atoms with Gasteiger partial charge in [-0.15, -0.1) is 0 Å². The number of nitrogens with one attached hydrogen (secondary N) is 2. The van der Waals surface area contributed by atoms with E-state index in [2.05, 4.69) is 39.1 Å².